The Bertz CT molecular complexity index is 520. The van der Waals surface area contributed by atoms with Gasteiger partial charge in [-0.3, -0.25) is 9.69 Å². The topological polar surface area (TPSA) is 49.6 Å². The van der Waals surface area contributed by atoms with Crippen molar-refractivity contribution in [2.75, 3.05) is 38.5 Å². The van der Waals surface area contributed by atoms with Gasteiger partial charge in [-0.05, 0) is 23.8 Å². The van der Waals surface area contributed by atoms with Gasteiger partial charge in [0.15, 0.2) is 0 Å². The van der Waals surface area contributed by atoms with Gasteiger partial charge in [-0.1, -0.05) is 18.1 Å². The SMILES string of the molecule is C#CCN1CCN(C(=O)/C=C/c2ccc(N)cc2)CC1. The third-order valence-corrected chi connectivity index (χ3v) is 3.35. The lowest BCUT2D eigenvalue weighted by atomic mass is 10.2. The van der Waals surface area contributed by atoms with Gasteiger partial charge in [0.1, 0.15) is 0 Å². The van der Waals surface area contributed by atoms with Gasteiger partial charge in [-0.2, -0.15) is 0 Å². The number of carbonyl (C=O) groups excluding carboxylic acids is 1. The smallest absolute Gasteiger partial charge is 0.246 e. The van der Waals surface area contributed by atoms with Crippen LogP contribution in [-0.4, -0.2) is 48.4 Å². The summed E-state index contributed by atoms with van der Waals surface area (Å²) in [5, 5.41) is 0. The fourth-order valence-corrected chi connectivity index (χ4v) is 2.14. The maximum atomic E-state index is 12.1. The van der Waals surface area contributed by atoms with E-state index >= 15 is 0 Å². The highest BCUT2D eigenvalue weighted by atomic mass is 16.2. The number of amides is 1. The predicted octanol–water partition coefficient (Wildman–Crippen LogP) is 1.06. The molecule has 1 aromatic carbocycles. The van der Waals surface area contributed by atoms with Crippen molar-refractivity contribution < 1.29 is 4.79 Å². The molecule has 0 atom stereocenters. The second kappa shape index (κ2) is 6.78. The van der Waals surface area contributed by atoms with Crippen LogP contribution in [0.25, 0.3) is 6.08 Å². The minimum atomic E-state index is 0.0437. The predicted molar refractivity (Wildman–Crippen MR) is 81.7 cm³/mol. The number of hydrogen-bond donors (Lipinski definition) is 1. The van der Waals surface area contributed by atoms with Gasteiger partial charge >= 0.3 is 0 Å². The average Bonchev–Trinajstić information content (AvgIpc) is 2.47. The molecule has 20 heavy (non-hydrogen) atoms. The summed E-state index contributed by atoms with van der Waals surface area (Å²) in [6, 6.07) is 7.43. The number of piperazine rings is 1. The van der Waals surface area contributed by atoms with E-state index < -0.39 is 0 Å². The molecule has 4 nitrogen and oxygen atoms in total. The zero-order valence-electron chi connectivity index (χ0n) is 11.5. The fraction of sp³-hybridized carbons (Fsp3) is 0.312. The van der Waals surface area contributed by atoms with E-state index in [1.54, 1.807) is 6.08 Å². The zero-order valence-corrected chi connectivity index (χ0v) is 11.5. The van der Waals surface area contributed by atoms with Crippen molar-refractivity contribution in [1.82, 2.24) is 9.80 Å². The molecule has 0 saturated carbocycles. The first-order valence-electron chi connectivity index (χ1n) is 6.67. The zero-order chi connectivity index (χ0) is 14.4. The maximum absolute atomic E-state index is 12.1. The van der Waals surface area contributed by atoms with E-state index in [9.17, 15) is 4.79 Å². The molecular formula is C16H19N3O. The summed E-state index contributed by atoms with van der Waals surface area (Å²) < 4.78 is 0. The van der Waals surface area contributed by atoms with Crippen LogP contribution in [0.5, 0.6) is 0 Å². The van der Waals surface area contributed by atoms with Crippen molar-refractivity contribution in [3.63, 3.8) is 0 Å². The third-order valence-electron chi connectivity index (χ3n) is 3.35. The maximum Gasteiger partial charge on any atom is 0.246 e. The number of hydrogen-bond acceptors (Lipinski definition) is 3. The average molecular weight is 269 g/mol. The van der Waals surface area contributed by atoms with E-state index in [1.807, 2.05) is 35.2 Å². The number of benzene rings is 1. The summed E-state index contributed by atoms with van der Waals surface area (Å²) in [6.07, 6.45) is 8.71. The van der Waals surface area contributed by atoms with E-state index in [1.165, 1.54) is 0 Å². The van der Waals surface area contributed by atoms with Crippen molar-refractivity contribution >= 4 is 17.7 Å². The molecule has 1 saturated heterocycles. The molecule has 1 aliphatic rings. The lowest BCUT2D eigenvalue weighted by Gasteiger charge is -2.33. The van der Waals surface area contributed by atoms with E-state index in [2.05, 4.69) is 10.8 Å². The minimum absolute atomic E-state index is 0.0437. The van der Waals surface area contributed by atoms with Crippen LogP contribution in [0.15, 0.2) is 30.3 Å². The molecule has 0 radical (unpaired) electrons. The van der Waals surface area contributed by atoms with E-state index in [0.717, 1.165) is 37.4 Å². The lowest BCUT2D eigenvalue weighted by molar-refractivity contribution is -0.127. The van der Waals surface area contributed by atoms with Crippen LogP contribution < -0.4 is 5.73 Å². The standard InChI is InChI=1S/C16H19N3O/c1-2-9-18-10-12-19(13-11-18)16(20)8-5-14-3-6-15(17)7-4-14/h1,3-8H,9-13,17H2/b8-5+. The number of nitrogens with two attached hydrogens (primary N) is 1. The highest BCUT2D eigenvalue weighted by Crippen LogP contribution is 2.08. The van der Waals surface area contributed by atoms with E-state index in [4.69, 9.17) is 12.2 Å². The van der Waals surface area contributed by atoms with Crippen LogP contribution >= 0.6 is 0 Å². The van der Waals surface area contributed by atoms with Gasteiger partial charge in [0.05, 0.1) is 6.54 Å². The molecular weight excluding hydrogens is 250 g/mol. The van der Waals surface area contributed by atoms with Crippen molar-refractivity contribution in [3.8, 4) is 12.3 Å². The van der Waals surface area contributed by atoms with Crippen LogP contribution in [0, 0.1) is 12.3 Å². The molecule has 1 amide bonds. The molecule has 0 bridgehead atoms. The molecule has 104 valence electrons. The monoisotopic (exact) mass is 269 g/mol. The van der Waals surface area contributed by atoms with Crippen LogP contribution in [0.1, 0.15) is 5.56 Å². The van der Waals surface area contributed by atoms with Gasteiger partial charge < -0.3 is 10.6 Å². The first-order chi connectivity index (χ1) is 9.69. The van der Waals surface area contributed by atoms with Crippen LogP contribution in [0.3, 0.4) is 0 Å². The summed E-state index contributed by atoms with van der Waals surface area (Å²) in [7, 11) is 0. The van der Waals surface area contributed by atoms with E-state index in [-0.39, 0.29) is 5.91 Å². The second-order valence-corrected chi connectivity index (χ2v) is 4.81. The van der Waals surface area contributed by atoms with Crippen LogP contribution in [0.2, 0.25) is 0 Å². The van der Waals surface area contributed by atoms with Crippen LogP contribution in [-0.2, 0) is 4.79 Å². The molecule has 0 unspecified atom stereocenters. The number of nitrogen functional groups attached to an aromatic ring is 1. The molecule has 1 aromatic rings. The summed E-state index contributed by atoms with van der Waals surface area (Å²) in [4.78, 5) is 16.1. The first-order valence-corrected chi connectivity index (χ1v) is 6.67. The molecule has 0 spiro atoms. The van der Waals surface area contributed by atoms with Gasteiger partial charge in [0.2, 0.25) is 5.91 Å². The molecule has 2 N–H and O–H groups in total. The number of carbonyl (C=O) groups is 1. The van der Waals surface area contributed by atoms with Crippen molar-refractivity contribution in [3.05, 3.63) is 35.9 Å². The van der Waals surface area contributed by atoms with Gasteiger partial charge in [-0.15, -0.1) is 6.42 Å². The summed E-state index contributed by atoms with van der Waals surface area (Å²) >= 11 is 0. The second-order valence-electron chi connectivity index (χ2n) is 4.81. The first kappa shape index (κ1) is 14.2. The van der Waals surface area contributed by atoms with Crippen molar-refractivity contribution in [2.45, 2.75) is 0 Å². The quantitative estimate of drug-likeness (QED) is 0.507. The Hall–Kier alpha value is -2.25. The largest absolute Gasteiger partial charge is 0.399 e. The number of terminal acetylenes is 1. The fourth-order valence-electron chi connectivity index (χ4n) is 2.14. The molecule has 4 heteroatoms. The Morgan fingerprint density at radius 3 is 2.50 bits per heavy atom. The molecule has 2 rings (SSSR count). The molecule has 0 aromatic heterocycles. The lowest BCUT2D eigenvalue weighted by Crippen LogP contribution is -2.48. The van der Waals surface area contributed by atoms with E-state index in [0.29, 0.717) is 6.54 Å². The Balaban J connectivity index is 1.86. The third kappa shape index (κ3) is 3.87. The molecule has 0 aliphatic carbocycles. The Kier molecular flexibility index (Phi) is 4.80. The Morgan fingerprint density at radius 1 is 1.25 bits per heavy atom. The number of rotatable bonds is 3. The molecule has 1 aliphatic heterocycles. The summed E-state index contributed by atoms with van der Waals surface area (Å²) in [6.45, 7) is 3.79. The van der Waals surface area contributed by atoms with Gasteiger partial charge in [0, 0.05) is 37.9 Å². The molecule has 1 fully saturated rings. The Labute approximate surface area is 119 Å². The molecule has 1 heterocycles. The minimum Gasteiger partial charge on any atom is -0.399 e. The van der Waals surface area contributed by atoms with Crippen molar-refractivity contribution in [1.29, 1.82) is 0 Å². The summed E-state index contributed by atoms with van der Waals surface area (Å²) in [5.41, 5.74) is 7.31. The van der Waals surface area contributed by atoms with Gasteiger partial charge in [-0.25, -0.2) is 0 Å². The highest BCUT2D eigenvalue weighted by molar-refractivity contribution is 5.91. The van der Waals surface area contributed by atoms with Crippen molar-refractivity contribution in [2.24, 2.45) is 0 Å². The van der Waals surface area contributed by atoms with Gasteiger partial charge in [0.25, 0.3) is 0 Å². The summed E-state index contributed by atoms with van der Waals surface area (Å²) in [5.74, 6) is 2.67. The normalized spacial score (nSPS) is 16.2. The number of anilines is 1. The highest BCUT2D eigenvalue weighted by Gasteiger charge is 2.18. The van der Waals surface area contributed by atoms with Crippen LogP contribution in [0.4, 0.5) is 5.69 Å². The number of nitrogens with zero attached hydrogens (tertiary/aromatic N) is 2. The Morgan fingerprint density at radius 2 is 1.90 bits per heavy atom.